The molecular weight excluding hydrogens is 283 g/mol. The van der Waals surface area contributed by atoms with Gasteiger partial charge >= 0.3 is 0 Å². The lowest BCUT2D eigenvalue weighted by molar-refractivity contribution is -0.126. The minimum atomic E-state index is -0.353. The van der Waals surface area contributed by atoms with E-state index in [1.165, 1.54) is 6.07 Å². The van der Waals surface area contributed by atoms with Gasteiger partial charge < -0.3 is 15.4 Å². The number of nitrogens with one attached hydrogen (secondary N) is 2. The highest BCUT2D eigenvalue weighted by Gasteiger charge is 2.29. The van der Waals surface area contributed by atoms with Crippen LogP contribution in [0.15, 0.2) is 18.2 Å². The van der Waals surface area contributed by atoms with Crippen LogP contribution in [0.5, 0.6) is 5.75 Å². The Bertz CT molecular complexity index is 549. The highest BCUT2D eigenvalue weighted by Crippen LogP contribution is 2.34. The van der Waals surface area contributed by atoms with Crippen molar-refractivity contribution in [2.24, 2.45) is 5.92 Å². The van der Waals surface area contributed by atoms with Crippen LogP contribution in [0, 0.1) is 11.7 Å². The fourth-order valence-corrected chi connectivity index (χ4v) is 3.38. The molecule has 3 atom stereocenters. The number of para-hydroxylation sites is 1. The quantitative estimate of drug-likeness (QED) is 0.883. The minimum Gasteiger partial charge on any atom is -0.490 e. The van der Waals surface area contributed by atoms with Gasteiger partial charge in [-0.1, -0.05) is 12.1 Å². The molecule has 0 bridgehead atoms. The van der Waals surface area contributed by atoms with E-state index in [1.807, 2.05) is 6.07 Å². The Hall–Kier alpha value is -1.62. The maximum atomic E-state index is 13.9. The van der Waals surface area contributed by atoms with E-state index in [1.54, 1.807) is 6.07 Å². The summed E-state index contributed by atoms with van der Waals surface area (Å²) in [6.45, 7) is 3.46. The molecule has 3 rings (SSSR count). The van der Waals surface area contributed by atoms with Gasteiger partial charge in [-0.25, -0.2) is 4.39 Å². The van der Waals surface area contributed by atoms with E-state index >= 15 is 0 Å². The summed E-state index contributed by atoms with van der Waals surface area (Å²) in [6.07, 6.45) is 3.30. The van der Waals surface area contributed by atoms with Gasteiger partial charge in [-0.15, -0.1) is 0 Å². The van der Waals surface area contributed by atoms with Crippen molar-refractivity contribution in [3.8, 4) is 5.75 Å². The molecule has 1 saturated heterocycles. The molecule has 0 radical (unpaired) electrons. The normalized spacial score (nSPS) is 28.2. The van der Waals surface area contributed by atoms with Gasteiger partial charge in [0, 0.05) is 17.5 Å². The van der Waals surface area contributed by atoms with Gasteiger partial charge in [0.15, 0.2) is 11.6 Å². The zero-order chi connectivity index (χ0) is 15.5. The summed E-state index contributed by atoms with van der Waals surface area (Å²) in [4.78, 5) is 12.5. The summed E-state index contributed by atoms with van der Waals surface area (Å²) >= 11 is 0. The third-order valence-electron chi connectivity index (χ3n) is 4.57. The molecule has 1 fully saturated rings. The van der Waals surface area contributed by atoms with Gasteiger partial charge in [-0.05, 0) is 45.2 Å². The van der Waals surface area contributed by atoms with Crippen molar-refractivity contribution in [1.29, 1.82) is 0 Å². The Morgan fingerprint density at radius 2 is 2.27 bits per heavy atom. The zero-order valence-electron chi connectivity index (χ0n) is 12.9. The van der Waals surface area contributed by atoms with E-state index in [0.717, 1.165) is 37.8 Å². The Morgan fingerprint density at radius 1 is 1.41 bits per heavy atom. The largest absolute Gasteiger partial charge is 0.490 e. The summed E-state index contributed by atoms with van der Waals surface area (Å²) in [5.74, 6) is 0.0611. The molecule has 1 unspecified atom stereocenters. The van der Waals surface area contributed by atoms with Crippen LogP contribution in [0.25, 0.3) is 0 Å². The number of ether oxygens (including phenoxy) is 1. The van der Waals surface area contributed by atoms with Crippen molar-refractivity contribution in [1.82, 2.24) is 10.6 Å². The molecule has 2 N–H and O–H groups in total. The first-order valence-corrected chi connectivity index (χ1v) is 8.10. The molecule has 1 aromatic rings. The number of halogens is 1. The molecule has 4 nitrogen and oxygen atoms in total. The SMILES string of the molecule is C[C@H]1C[C@@H](C(=O)NC2CCCOc3c(F)cccc32)CCN1. The van der Waals surface area contributed by atoms with Crippen LogP contribution in [0.4, 0.5) is 4.39 Å². The van der Waals surface area contributed by atoms with Gasteiger partial charge in [0.2, 0.25) is 5.91 Å². The lowest BCUT2D eigenvalue weighted by Crippen LogP contribution is -2.43. The van der Waals surface area contributed by atoms with Crippen molar-refractivity contribution in [3.63, 3.8) is 0 Å². The highest BCUT2D eigenvalue weighted by atomic mass is 19.1. The predicted octanol–water partition coefficient (Wildman–Crippen LogP) is 2.54. The molecule has 2 aliphatic rings. The van der Waals surface area contributed by atoms with E-state index in [-0.39, 0.29) is 23.7 Å². The van der Waals surface area contributed by atoms with E-state index < -0.39 is 0 Å². The minimum absolute atomic E-state index is 0.0393. The third-order valence-corrected chi connectivity index (χ3v) is 4.57. The summed E-state index contributed by atoms with van der Waals surface area (Å²) in [6, 6.07) is 5.13. The van der Waals surface area contributed by atoms with Crippen molar-refractivity contribution in [2.45, 2.75) is 44.7 Å². The fraction of sp³-hybridized carbons (Fsp3) is 0.588. The zero-order valence-corrected chi connectivity index (χ0v) is 12.9. The summed E-state index contributed by atoms with van der Waals surface area (Å²) in [7, 11) is 0. The Labute approximate surface area is 130 Å². The molecule has 120 valence electrons. The average Bonchev–Trinajstić information content (AvgIpc) is 2.71. The second-order valence-corrected chi connectivity index (χ2v) is 6.29. The number of hydrogen-bond donors (Lipinski definition) is 2. The molecule has 22 heavy (non-hydrogen) atoms. The molecule has 1 aromatic carbocycles. The first-order chi connectivity index (χ1) is 10.6. The van der Waals surface area contributed by atoms with Crippen LogP contribution >= 0.6 is 0 Å². The van der Waals surface area contributed by atoms with Crippen LogP contribution in [0.1, 0.15) is 44.2 Å². The topological polar surface area (TPSA) is 50.4 Å². The second kappa shape index (κ2) is 6.65. The maximum absolute atomic E-state index is 13.9. The summed E-state index contributed by atoms with van der Waals surface area (Å²) in [5.41, 5.74) is 0.757. The van der Waals surface area contributed by atoms with Crippen LogP contribution < -0.4 is 15.4 Å². The number of amides is 1. The molecule has 0 aliphatic carbocycles. The van der Waals surface area contributed by atoms with Gasteiger partial charge in [0.05, 0.1) is 12.6 Å². The molecule has 1 amide bonds. The Morgan fingerprint density at radius 3 is 3.09 bits per heavy atom. The number of carbonyl (C=O) groups is 1. The van der Waals surface area contributed by atoms with Crippen molar-refractivity contribution in [2.75, 3.05) is 13.2 Å². The fourth-order valence-electron chi connectivity index (χ4n) is 3.38. The number of carbonyl (C=O) groups excluding carboxylic acids is 1. The summed E-state index contributed by atoms with van der Waals surface area (Å²) < 4.78 is 19.4. The first kappa shape index (κ1) is 15.3. The van der Waals surface area contributed by atoms with Gasteiger partial charge in [0.1, 0.15) is 0 Å². The van der Waals surface area contributed by atoms with Crippen LogP contribution in [0.3, 0.4) is 0 Å². The van der Waals surface area contributed by atoms with Crippen LogP contribution in [-0.4, -0.2) is 25.1 Å². The highest BCUT2D eigenvalue weighted by molar-refractivity contribution is 5.79. The van der Waals surface area contributed by atoms with Crippen LogP contribution in [0.2, 0.25) is 0 Å². The monoisotopic (exact) mass is 306 g/mol. The smallest absolute Gasteiger partial charge is 0.223 e. The van der Waals surface area contributed by atoms with Crippen LogP contribution in [-0.2, 0) is 4.79 Å². The second-order valence-electron chi connectivity index (χ2n) is 6.29. The molecule has 0 saturated carbocycles. The molecule has 0 spiro atoms. The molecule has 0 aromatic heterocycles. The van der Waals surface area contributed by atoms with Gasteiger partial charge in [0.25, 0.3) is 0 Å². The number of piperidine rings is 1. The Kier molecular flexibility index (Phi) is 4.62. The third kappa shape index (κ3) is 3.24. The van der Waals surface area contributed by atoms with E-state index in [2.05, 4.69) is 17.6 Å². The number of benzene rings is 1. The van der Waals surface area contributed by atoms with Crippen molar-refractivity contribution in [3.05, 3.63) is 29.6 Å². The molecule has 2 aliphatic heterocycles. The van der Waals surface area contributed by atoms with Gasteiger partial charge in [-0.3, -0.25) is 4.79 Å². The lowest BCUT2D eigenvalue weighted by Gasteiger charge is -2.29. The number of rotatable bonds is 2. The van der Waals surface area contributed by atoms with E-state index in [9.17, 15) is 9.18 Å². The molecular formula is C17H23FN2O2. The number of fused-ring (bicyclic) bond motifs is 1. The van der Waals surface area contributed by atoms with E-state index in [0.29, 0.717) is 18.4 Å². The first-order valence-electron chi connectivity index (χ1n) is 8.10. The summed E-state index contributed by atoms with van der Waals surface area (Å²) in [5, 5.41) is 6.47. The maximum Gasteiger partial charge on any atom is 0.223 e. The predicted molar refractivity (Wildman–Crippen MR) is 82.2 cm³/mol. The average molecular weight is 306 g/mol. The van der Waals surface area contributed by atoms with Gasteiger partial charge in [-0.2, -0.15) is 0 Å². The molecule has 2 heterocycles. The van der Waals surface area contributed by atoms with Crippen molar-refractivity contribution >= 4 is 5.91 Å². The lowest BCUT2D eigenvalue weighted by atomic mass is 9.91. The standard InChI is InChI=1S/C17H23FN2O2/c1-11-10-12(7-8-19-11)17(21)20-15-6-3-9-22-16-13(15)4-2-5-14(16)18/h2,4-5,11-12,15,19H,3,6-10H2,1H3,(H,20,21)/t11-,12-,15?/m0/s1. The van der Waals surface area contributed by atoms with E-state index in [4.69, 9.17) is 4.74 Å². The molecule has 5 heteroatoms. The number of hydrogen-bond acceptors (Lipinski definition) is 3. The Balaban J connectivity index is 1.75. The van der Waals surface area contributed by atoms with Crippen molar-refractivity contribution < 1.29 is 13.9 Å².